The molecule has 5 nitrogen and oxygen atoms in total. The summed E-state index contributed by atoms with van der Waals surface area (Å²) in [5, 5.41) is 8.13. The molecule has 3 aromatic rings. The number of hydrogen-bond acceptors (Lipinski definition) is 3. The summed E-state index contributed by atoms with van der Waals surface area (Å²) in [4.78, 5) is 14.7. The van der Waals surface area contributed by atoms with Gasteiger partial charge in [0.15, 0.2) is 0 Å². The summed E-state index contributed by atoms with van der Waals surface area (Å²) in [5.41, 5.74) is 1.56. The molecule has 1 heterocycles. The predicted molar refractivity (Wildman–Crippen MR) is 94.9 cm³/mol. The highest BCUT2D eigenvalue weighted by Crippen LogP contribution is 2.16. The third kappa shape index (κ3) is 4.03. The number of anilines is 1. The van der Waals surface area contributed by atoms with E-state index in [0.717, 1.165) is 15.7 Å². The SMILES string of the molecule is O=c1[nH]c(CNc2ccc(Br)cc2)nn1Cc1ccccc1Cl. The van der Waals surface area contributed by atoms with E-state index in [9.17, 15) is 4.79 Å². The van der Waals surface area contributed by atoms with Gasteiger partial charge in [-0.05, 0) is 35.9 Å². The minimum absolute atomic E-state index is 0.252. The van der Waals surface area contributed by atoms with E-state index in [0.29, 0.717) is 23.9 Å². The van der Waals surface area contributed by atoms with Gasteiger partial charge in [0, 0.05) is 15.2 Å². The van der Waals surface area contributed by atoms with Gasteiger partial charge in [-0.2, -0.15) is 5.10 Å². The summed E-state index contributed by atoms with van der Waals surface area (Å²) in [7, 11) is 0. The van der Waals surface area contributed by atoms with Gasteiger partial charge in [0.25, 0.3) is 0 Å². The van der Waals surface area contributed by atoms with Crippen LogP contribution in [0.15, 0.2) is 57.8 Å². The van der Waals surface area contributed by atoms with Gasteiger partial charge in [0.2, 0.25) is 0 Å². The standard InChI is InChI=1S/C16H14BrClN4O/c17-12-5-7-13(8-6-12)19-9-15-20-16(23)22(21-15)10-11-3-1-2-4-14(11)18/h1-8,19H,9-10H2,(H,20,21,23). The third-order valence-electron chi connectivity index (χ3n) is 3.31. The smallest absolute Gasteiger partial charge is 0.343 e. The van der Waals surface area contributed by atoms with Crippen LogP contribution >= 0.6 is 27.5 Å². The molecule has 0 amide bonds. The Morgan fingerprint density at radius 1 is 1.17 bits per heavy atom. The van der Waals surface area contributed by atoms with Crippen molar-refractivity contribution in [3.05, 3.63) is 79.9 Å². The molecule has 0 aliphatic carbocycles. The molecular weight excluding hydrogens is 380 g/mol. The van der Waals surface area contributed by atoms with Crippen molar-refractivity contribution < 1.29 is 0 Å². The van der Waals surface area contributed by atoms with Gasteiger partial charge in [-0.25, -0.2) is 9.48 Å². The van der Waals surface area contributed by atoms with Crippen LogP contribution in [0.3, 0.4) is 0 Å². The molecule has 2 N–H and O–H groups in total. The molecule has 0 unspecified atom stereocenters. The zero-order valence-corrected chi connectivity index (χ0v) is 14.4. The number of nitrogens with one attached hydrogen (secondary N) is 2. The van der Waals surface area contributed by atoms with Gasteiger partial charge in [-0.3, -0.25) is 4.98 Å². The summed E-state index contributed by atoms with van der Waals surface area (Å²) < 4.78 is 2.39. The van der Waals surface area contributed by atoms with Crippen molar-refractivity contribution in [1.29, 1.82) is 0 Å². The van der Waals surface area contributed by atoms with Crippen LogP contribution in [0.25, 0.3) is 0 Å². The molecule has 0 bridgehead atoms. The number of hydrogen-bond donors (Lipinski definition) is 2. The Bertz CT molecular complexity index is 857. The van der Waals surface area contributed by atoms with Crippen LogP contribution in [-0.4, -0.2) is 14.8 Å². The Hall–Kier alpha value is -2.05. The second-order valence-electron chi connectivity index (χ2n) is 4.99. The normalized spacial score (nSPS) is 10.7. The largest absolute Gasteiger partial charge is 0.378 e. The van der Waals surface area contributed by atoms with Crippen LogP contribution in [0.1, 0.15) is 11.4 Å². The van der Waals surface area contributed by atoms with E-state index in [1.165, 1.54) is 4.68 Å². The van der Waals surface area contributed by atoms with Crippen LogP contribution in [0.5, 0.6) is 0 Å². The molecule has 0 radical (unpaired) electrons. The Labute approximate surface area is 146 Å². The second-order valence-corrected chi connectivity index (χ2v) is 6.31. The van der Waals surface area contributed by atoms with E-state index >= 15 is 0 Å². The summed E-state index contributed by atoms with van der Waals surface area (Å²) in [5.74, 6) is 0.574. The molecule has 0 fully saturated rings. The number of aromatic amines is 1. The van der Waals surface area contributed by atoms with Gasteiger partial charge in [0.05, 0.1) is 13.1 Å². The first kappa shape index (κ1) is 15.8. The van der Waals surface area contributed by atoms with E-state index < -0.39 is 0 Å². The highest BCUT2D eigenvalue weighted by molar-refractivity contribution is 9.10. The molecule has 0 spiro atoms. The average molecular weight is 394 g/mol. The quantitative estimate of drug-likeness (QED) is 0.695. The van der Waals surface area contributed by atoms with Crippen LogP contribution in [0.2, 0.25) is 5.02 Å². The maximum atomic E-state index is 12.0. The van der Waals surface area contributed by atoms with Gasteiger partial charge in [-0.15, -0.1) is 0 Å². The zero-order valence-electron chi connectivity index (χ0n) is 12.1. The predicted octanol–water partition coefficient (Wildman–Crippen LogP) is 3.65. The fourth-order valence-corrected chi connectivity index (χ4v) is 2.59. The Morgan fingerprint density at radius 3 is 2.65 bits per heavy atom. The fourth-order valence-electron chi connectivity index (χ4n) is 2.13. The topological polar surface area (TPSA) is 62.7 Å². The molecule has 118 valence electrons. The van der Waals surface area contributed by atoms with Crippen molar-refractivity contribution in [3.63, 3.8) is 0 Å². The van der Waals surface area contributed by atoms with E-state index in [2.05, 4.69) is 31.3 Å². The lowest BCUT2D eigenvalue weighted by Crippen LogP contribution is -2.18. The van der Waals surface area contributed by atoms with Crippen LogP contribution in [0.4, 0.5) is 5.69 Å². The summed E-state index contributed by atoms with van der Waals surface area (Å²) >= 11 is 9.51. The van der Waals surface area contributed by atoms with Crippen molar-refractivity contribution in [2.45, 2.75) is 13.1 Å². The fraction of sp³-hybridized carbons (Fsp3) is 0.125. The molecule has 0 saturated heterocycles. The molecule has 23 heavy (non-hydrogen) atoms. The molecule has 1 aromatic heterocycles. The maximum absolute atomic E-state index is 12.0. The van der Waals surface area contributed by atoms with Gasteiger partial charge >= 0.3 is 5.69 Å². The van der Waals surface area contributed by atoms with Crippen molar-refractivity contribution >= 4 is 33.2 Å². The molecule has 0 aliphatic heterocycles. The van der Waals surface area contributed by atoms with E-state index in [1.807, 2.05) is 42.5 Å². The Kier molecular flexibility index (Phi) is 4.83. The van der Waals surface area contributed by atoms with E-state index in [1.54, 1.807) is 6.07 Å². The Morgan fingerprint density at radius 2 is 1.91 bits per heavy atom. The summed E-state index contributed by atoms with van der Waals surface area (Å²) in [6, 6.07) is 15.2. The van der Waals surface area contributed by atoms with Crippen molar-refractivity contribution in [2.24, 2.45) is 0 Å². The number of aromatic nitrogens is 3. The van der Waals surface area contributed by atoms with E-state index in [4.69, 9.17) is 11.6 Å². The minimum atomic E-state index is -0.252. The van der Waals surface area contributed by atoms with Crippen LogP contribution < -0.4 is 11.0 Å². The van der Waals surface area contributed by atoms with Crippen LogP contribution in [-0.2, 0) is 13.1 Å². The highest BCUT2D eigenvalue weighted by atomic mass is 79.9. The molecule has 3 rings (SSSR count). The summed E-state index contributed by atoms with van der Waals surface area (Å²) in [6.07, 6.45) is 0. The van der Waals surface area contributed by atoms with Gasteiger partial charge in [0.1, 0.15) is 5.82 Å². The molecule has 2 aromatic carbocycles. The average Bonchev–Trinajstić information content (AvgIpc) is 2.89. The summed E-state index contributed by atoms with van der Waals surface area (Å²) in [6.45, 7) is 0.777. The van der Waals surface area contributed by atoms with Gasteiger partial charge < -0.3 is 5.32 Å². The molecule has 7 heteroatoms. The van der Waals surface area contributed by atoms with Crippen LogP contribution in [0, 0.1) is 0 Å². The first-order valence-electron chi connectivity index (χ1n) is 7.00. The maximum Gasteiger partial charge on any atom is 0.343 e. The lowest BCUT2D eigenvalue weighted by Gasteiger charge is -2.04. The number of benzene rings is 2. The highest BCUT2D eigenvalue weighted by Gasteiger charge is 2.07. The molecular formula is C16H14BrClN4O. The molecule has 0 saturated carbocycles. The third-order valence-corrected chi connectivity index (χ3v) is 4.21. The van der Waals surface area contributed by atoms with Gasteiger partial charge in [-0.1, -0.05) is 45.7 Å². The number of rotatable bonds is 5. The lowest BCUT2D eigenvalue weighted by molar-refractivity contribution is 0.651. The number of halogens is 2. The minimum Gasteiger partial charge on any atom is -0.378 e. The second kappa shape index (κ2) is 7.02. The first-order valence-corrected chi connectivity index (χ1v) is 8.18. The van der Waals surface area contributed by atoms with E-state index in [-0.39, 0.29) is 5.69 Å². The van der Waals surface area contributed by atoms with Crippen molar-refractivity contribution in [1.82, 2.24) is 14.8 Å². The monoisotopic (exact) mass is 392 g/mol. The number of nitrogens with zero attached hydrogens (tertiary/aromatic N) is 2. The molecule has 0 atom stereocenters. The number of H-pyrrole nitrogens is 1. The van der Waals surface area contributed by atoms with Crippen molar-refractivity contribution in [2.75, 3.05) is 5.32 Å². The zero-order chi connectivity index (χ0) is 16.2. The van der Waals surface area contributed by atoms with Crippen molar-refractivity contribution in [3.8, 4) is 0 Å². The Balaban J connectivity index is 1.70. The first-order chi connectivity index (χ1) is 11.1. The molecule has 0 aliphatic rings. The lowest BCUT2D eigenvalue weighted by atomic mass is 10.2.